The summed E-state index contributed by atoms with van der Waals surface area (Å²) >= 11 is 5.94. The third-order valence-electron chi connectivity index (χ3n) is 4.77. The summed E-state index contributed by atoms with van der Waals surface area (Å²) in [6, 6.07) is 8.66. The average molecular weight is 368 g/mol. The lowest BCUT2D eigenvalue weighted by Crippen LogP contribution is -2.28. The second-order valence-electron chi connectivity index (χ2n) is 6.29. The molecule has 0 fully saturated rings. The summed E-state index contributed by atoms with van der Waals surface area (Å²) in [5, 5.41) is 9.49. The summed E-state index contributed by atoms with van der Waals surface area (Å²) < 4.78 is 16.6. The van der Waals surface area contributed by atoms with Gasteiger partial charge in [0, 0.05) is 47.0 Å². The lowest BCUT2D eigenvalue weighted by atomic mass is 9.97. The average Bonchev–Trinajstić information content (AvgIpc) is 3.26. The van der Waals surface area contributed by atoms with Gasteiger partial charge in [-0.1, -0.05) is 11.6 Å². The van der Waals surface area contributed by atoms with Crippen molar-refractivity contribution in [1.82, 2.24) is 25.1 Å². The van der Waals surface area contributed by atoms with E-state index in [1.807, 2.05) is 23.0 Å². The highest BCUT2D eigenvalue weighted by molar-refractivity contribution is 6.30. The quantitative estimate of drug-likeness (QED) is 0.563. The van der Waals surface area contributed by atoms with Crippen LogP contribution in [0.1, 0.15) is 5.69 Å². The van der Waals surface area contributed by atoms with Gasteiger partial charge in [0.15, 0.2) is 0 Å². The minimum atomic E-state index is -0.374. The molecule has 0 radical (unpaired) electrons. The highest BCUT2D eigenvalue weighted by Crippen LogP contribution is 2.39. The van der Waals surface area contributed by atoms with E-state index in [2.05, 4.69) is 15.3 Å². The monoisotopic (exact) mass is 367 g/mol. The van der Waals surface area contributed by atoms with Crippen LogP contribution in [0, 0.1) is 5.82 Å². The molecule has 0 saturated heterocycles. The van der Waals surface area contributed by atoms with Crippen molar-refractivity contribution in [3.05, 3.63) is 59.3 Å². The van der Waals surface area contributed by atoms with E-state index in [0.29, 0.717) is 22.8 Å². The van der Waals surface area contributed by atoms with Crippen molar-refractivity contribution in [2.45, 2.75) is 13.1 Å². The number of nitrogens with one attached hydrogen (secondary N) is 2. The Bertz CT molecular complexity index is 1130. The van der Waals surface area contributed by atoms with Gasteiger partial charge in [0.05, 0.1) is 12.2 Å². The van der Waals surface area contributed by atoms with Crippen LogP contribution in [0.15, 0.2) is 42.7 Å². The number of aromatic nitrogens is 4. The molecule has 0 saturated carbocycles. The fourth-order valence-corrected chi connectivity index (χ4v) is 3.74. The van der Waals surface area contributed by atoms with Crippen molar-refractivity contribution in [3.63, 3.8) is 0 Å². The van der Waals surface area contributed by atoms with Crippen LogP contribution < -0.4 is 5.32 Å². The zero-order chi connectivity index (χ0) is 17.7. The largest absolute Gasteiger partial charge is 0.346 e. The van der Waals surface area contributed by atoms with Gasteiger partial charge in [0.25, 0.3) is 0 Å². The number of H-pyrrole nitrogens is 1. The third-order valence-corrected chi connectivity index (χ3v) is 5.00. The predicted octanol–water partition coefficient (Wildman–Crippen LogP) is 3.99. The Kier molecular flexibility index (Phi) is 3.55. The Hall–Kier alpha value is -2.70. The molecule has 0 bridgehead atoms. The Morgan fingerprint density at radius 1 is 1.15 bits per heavy atom. The van der Waals surface area contributed by atoms with Gasteiger partial charge >= 0.3 is 0 Å². The van der Waals surface area contributed by atoms with Gasteiger partial charge < -0.3 is 10.3 Å². The maximum absolute atomic E-state index is 14.7. The Balaban J connectivity index is 1.84. The minimum Gasteiger partial charge on any atom is -0.346 e. The summed E-state index contributed by atoms with van der Waals surface area (Å²) in [6.45, 7) is 2.28. The summed E-state index contributed by atoms with van der Waals surface area (Å²) in [5.41, 5.74) is 4.86. The van der Waals surface area contributed by atoms with Crippen LogP contribution in [0.5, 0.6) is 0 Å². The third kappa shape index (κ3) is 2.34. The lowest BCUT2D eigenvalue weighted by Gasteiger charge is -2.16. The first-order chi connectivity index (χ1) is 12.7. The van der Waals surface area contributed by atoms with Gasteiger partial charge in [0.1, 0.15) is 17.2 Å². The number of rotatable bonds is 2. The molecule has 26 heavy (non-hydrogen) atoms. The minimum absolute atomic E-state index is 0.371. The number of nitrogens with zero attached hydrogens (tertiary/aromatic N) is 3. The molecule has 5 rings (SSSR count). The van der Waals surface area contributed by atoms with E-state index in [1.54, 1.807) is 18.3 Å². The second kappa shape index (κ2) is 5.93. The summed E-state index contributed by atoms with van der Waals surface area (Å²) in [4.78, 5) is 7.50. The van der Waals surface area contributed by atoms with E-state index in [9.17, 15) is 4.39 Å². The number of pyridine rings is 1. The van der Waals surface area contributed by atoms with E-state index in [-0.39, 0.29) is 5.82 Å². The van der Waals surface area contributed by atoms with Crippen molar-refractivity contribution >= 4 is 22.6 Å². The van der Waals surface area contributed by atoms with Gasteiger partial charge in [-0.25, -0.2) is 9.37 Å². The van der Waals surface area contributed by atoms with Crippen molar-refractivity contribution in [1.29, 1.82) is 0 Å². The molecule has 0 spiro atoms. The van der Waals surface area contributed by atoms with Crippen LogP contribution >= 0.6 is 11.6 Å². The van der Waals surface area contributed by atoms with Crippen LogP contribution in [0.25, 0.3) is 33.4 Å². The molecule has 130 valence electrons. The Morgan fingerprint density at radius 3 is 2.96 bits per heavy atom. The molecular formula is C19H15ClFN5. The molecule has 1 aromatic carbocycles. The predicted molar refractivity (Wildman–Crippen MR) is 99.4 cm³/mol. The molecule has 7 heteroatoms. The highest BCUT2D eigenvalue weighted by atomic mass is 35.5. The smallest absolute Gasteiger partial charge is 0.137 e. The van der Waals surface area contributed by atoms with Gasteiger partial charge in [-0.3, -0.25) is 4.68 Å². The molecule has 3 aromatic heterocycles. The molecule has 1 aliphatic heterocycles. The van der Waals surface area contributed by atoms with E-state index in [1.165, 1.54) is 6.07 Å². The van der Waals surface area contributed by atoms with Crippen LogP contribution in [0.2, 0.25) is 5.02 Å². The first-order valence-corrected chi connectivity index (χ1v) is 8.78. The SMILES string of the molecule is Fc1cc(Cl)ccc1-c1nn2c(c1-c1ccnc3[nH]ccc13)CNCC2. The van der Waals surface area contributed by atoms with E-state index < -0.39 is 0 Å². The molecule has 4 aromatic rings. The van der Waals surface area contributed by atoms with Crippen LogP contribution in [0.4, 0.5) is 4.39 Å². The number of halogens is 2. The fourth-order valence-electron chi connectivity index (χ4n) is 3.59. The second-order valence-corrected chi connectivity index (χ2v) is 6.73. The molecule has 2 N–H and O–H groups in total. The van der Waals surface area contributed by atoms with Gasteiger partial charge in [0.2, 0.25) is 0 Å². The maximum atomic E-state index is 14.7. The van der Waals surface area contributed by atoms with Crippen molar-refractivity contribution in [2.24, 2.45) is 0 Å². The molecule has 5 nitrogen and oxygen atoms in total. The zero-order valence-corrected chi connectivity index (χ0v) is 14.5. The molecule has 1 aliphatic rings. The lowest BCUT2D eigenvalue weighted by molar-refractivity contribution is 0.477. The standard InChI is InChI=1S/C19H15ClFN5/c20-11-1-2-14(15(21)9-11)18-17(16-10-22-7-8-26(16)25-18)12-3-5-23-19-13(12)4-6-24-19/h1-6,9,22H,7-8,10H2,(H,23,24). The normalized spacial score (nSPS) is 13.9. The molecule has 4 heterocycles. The first kappa shape index (κ1) is 15.5. The maximum Gasteiger partial charge on any atom is 0.137 e. The summed E-state index contributed by atoms with van der Waals surface area (Å²) in [7, 11) is 0. The summed E-state index contributed by atoms with van der Waals surface area (Å²) in [6.07, 6.45) is 3.62. The topological polar surface area (TPSA) is 58.5 Å². The first-order valence-electron chi connectivity index (χ1n) is 8.40. The van der Waals surface area contributed by atoms with Crippen LogP contribution in [-0.2, 0) is 13.1 Å². The number of benzene rings is 1. The summed E-state index contributed by atoms with van der Waals surface area (Å²) in [5.74, 6) is -0.374. The number of aromatic amines is 1. The van der Waals surface area contributed by atoms with Gasteiger partial charge in [-0.2, -0.15) is 5.10 Å². The molecule has 0 amide bonds. The van der Waals surface area contributed by atoms with Crippen LogP contribution in [-0.4, -0.2) is 26.3 Å². The number of hydrogen-bond acceptors (Lipinski definition) is 3. The zero-order valence-electron chi connectivity index (χ0n) is 13.8. The molecule has 0 atom stereocenters. The van der Waals surface area contributed by atoms with Crippen molar-refractivity contribution < 1.29 is 4.39 Å². The Labute approximate surface area is 153 Å². The Morgan fingerprint density at radius 2 is 2.08 bits per heavy atom. The van der Waals surface area contributed by atoms with E-state index >= 15 is 0 Å². The highest BCUT2D eigenvalue weighted by Gasteiger charge is 2.25. The van der Waals surface area contributed by atoms with E-state index in [0.717, 1.165) is 40.9 Å². The van der Waals surface area contributed by atoms with Crippen molar-refractivity contribution in [2.75, 3.05) is 6.54 Å². The van der Waals surface area contributed by atoms with Crippen molar-refractivity contribution in [3.8, 4) is 22.4 Å². The van der Waals surface area contributed by atoms with Gasteiger partial charge in [-0.05, 0) is 35.9 Å². The number of fused-ring (bicyclic) bond motifs is 2. The van der Waals surface area contributed by atoms with E-state index in [4.69, 9.17) is 16.7 Å². The molecule has 0 aliphatic carbocycles. The fraction of sp³-hybridized carbons (Fsp3) is 0.158. The molecular weight excluding hydrogens is 353 g/mol. The molecule has 0 unspecified atom stereocenters. The van der Waals surface area contributed by atoms with Gasteiger partial charge in [-0.15, -0.1) is 0 Å². The number of hydrogen-bond donors (Lipinski definition) is 2. The van der Waals surface area contributed by atoms with Crippen LogP contribution in [0.3, 0.4) is 0 Å².